The third kappa shape index (κ3) is 2.14. The van der Waals surface area contributed by atoms with E-state index >= 15 is 0 Å². The average Bonchev–Trinajstić information content (AvgIpc) is 2.10. The van der Waals surface area contributed by atoms with Gasteiger partial charge in [-0.3, -0.25) is 4.79 Å². The van der Waals surface area contributed by atoms with Gasteiger partial charge in [0.2, 0.25) is 0 Å². The van der Waals surface area contributed by atoms with Gasteiger partial charge >= 0.3 is 0 Å². The zero-order valence-electron chi connectivity index (χ0n) is 7.10. The minimum Gasteiger partial charge on any atom is -0.397 e. The Labute approximate surface area is 86.6 Å². The predicted molar refractivity (Wildman–Crippen MR) is 55.7 cm³/mol. The summed E-state index contributed by atoms with van der Waals surface area (Å²) in [6.07, 6.45) is 0. The molecule has 0 saturated carbocycles. The molecule has 0 amide bonds. The lowest BCUT2D eigenvalue weighted by molar-refractivity contribution is 0.102. The fourth-order valence-corrected chi connectivity index (χ4v) is 1.47. The standard InChI is InChI=1S/C9H9Cl2NO/c1-5-2-6(8(13)4-10)9(12)7(11)3-5/h2-3H,4,12H2,1H3. The van der Waals surface area contributed by atoms with E-state index in [0.717, 1.165) is 5.56 Å². The van der Waals surface area contributed by atoms with Crippen LogP contribution in [0.25, 0.3) is 0 Å². The van der Waals surface area contributed by atoms with E-state index in [1.807, 2.05) is 6.92 Å². The van der Waals surface area contributed by atoms with Crippen LogP contribution in [0, 0.1) is 6.92 Å². The Morgan fingerprint density at radius 3 is 2.69 bits per heavy atom. The Morgan fingerprint density at radius 2 is 2.15 bits per heavy atom. The monoisotopic (exact) mass is 217 g/mol. The van der Waals surface area contributed by atoms with Crippen molar-refractivity contribution in [3.63, 3.8) is 0 Å². The van der Waals surface area contributed by atoms with E-state index in [-0.39, 0.29) is 11.7 Å². The molecule has 0 aromatic heterocycles. The lowest BCUT2D eigenvalue weighted by atomic mass is 10.1. The molecule has 0 aliphatic heterocycles. The van der Waals surface area contributed by atoms with Crippen LogP contribution in [0.5, 0.6) is 0 Å². The van der Waals surface area contributed by atoms with E-state index in [9.17, 15) is 4.79 Å². The first kappa shape index (κ1) is 10.4. The number of benzene rings is 1. The number of alkyl halides is 1. The highest BCUT2D eigenvalue weighted by Gasteiger charge is 2.11. The van der Waals surface area contributed by atoms with Crippen molar-refractivity contribution in [3.8, 4) is 0 Å². The van der Waals surface area contributed by atoms with Crippen LogP contribution in [0.1, 0.15) is 15.9 Å². The molecule has 1 aromatic rings. The molecule has 1 aromatic carbocycles. The summed E-state index contributed by atoms with van der Waals surface area (Å²) in [6, 6.07) is 3.40. The first-order valence-corrected chi connectivity index (χ1v) is 4.62. The second-order valence-corrected chi connectivity index (χ2v) is 3.44. The van der Waals surface area contributed by atoms with Gasteiger partial charge in [0.25, 0.3) is 0 Å². The number of rotatable bonds is 2. The summed E-state index contributed by atoms with van der Waals surface area (Å²) in [5.74, 6) is -0.283. The zero-order chi connectivity index (χ0) is 10.0. The number of hydrogen-bond acceptors (Lipinski definition) is 2. The van der Waals surface area contributed by atoms with Crippen LogP contribution < -0.4 is 5.73 Å². The van der Waals surface area contributed by atoms with Crippen molar-refractivity contribution in [2.75, 3.05) is 11.6 Å². The van der Waals surface area contributed by atoms with Gasteiger partial charge in [-0.25, -0.2) is 0 Å². The quantitative estimate of drug-likeness (QED) is 0.471. The number of nitrogens with two attached hydrogens (primary N) is 1. The molecule has 0 radical (unpaired) electrons. The third-order valence-electron chi connectivity index (χ3n) is 1.70. The summed E-state index contributed by atoms with van der Waals surface area (Å²) in [5, 5.41) is 0.397. The molecule has 0 bridgehead atoms. The van der Waals surface area contributed by atoms with Crippen molar-refractivity contribution in [2.45, 2.75) is 6.92 Å². The molecule has 1 rings (SSSR count). The second-order valence-electron chi connectivity index (χ2n) is 2.76. The van der Waals surface area contributed by atoms with Crippen LogP contribution in [-0.2, 0) is 0 Å². The topological polar surface area (TPSA) is 43.1 Å². The van der Waals surface area contributed by atoms with Crippen molar-refractivity contribution < 1.29 is 4.79 Å². The molecule has 4 heteroatoms. The summed E-state index contributed by atoms with van der Waals surface area (Å²) in [4.78, 5) is 11.3. The molecule has 0 fully saturated rings. The van der Waals surface area contributed by atoms with E-state index in [1.165, 1.54) is 0 Å². The van der Waals surface area contributed by atoms with Gasteiger partial charge in [0, 0.05) is 5.56 Å². The number of carbonyl (C=O) groups is 1. The number of ketones is 1. The van der Waals surface area contributed by atoms with Crippen LogP contribution in [0.15, 0.2) is 12.1 Å². The maximum absolute atomic E-state index is 11.3. The van der Waals surface area contributed by atoms with Crippen molar-refractivity contribution in [1.82, 2.24) is 0 Å². The highest BCUT2D eigenvalue weighted by atomic mass is 35.5. The van der Waals surface area contributed by atoms with Crippen LogP contribution >= 0.6 is 23.2 Å². The Bertz CT molecular complexity index is 350. The first-order chi connectivity index (χ1) is 6.06. The third-order valence-corrected chi connectivity index (χ3v) is 2.25. The molecular weight excluding hydrogens is 209 g/mol. The molecule has 13 heavy (non-hydrogen) atoms. The molecule has 0 aliphatic rings. The highest BCUT2D eigenvalue weighted by molar-refractivity contribution is 6.35. The van der Waals surface area contributed by atoms with Gasteiger partial charge in [-0.05, 0) is 24.6 Å². The maximum atomic E-state index is 11.3. The number of nitrogen functional groups attached to an aromatic ring is 1. The number of anilines is 1. The molecule has 0 aliphatic carbocycles. The molecular formula is C9H9Cl2NO. The van der Waals surface area contributed by atoms with Crippen molar-refractivity contribution in [1.29, 1.82) is 0 Å². The molecule has 0 heterocycles. The molecule has 0 spiro atoms. The zero-order valence-corrected chi connectivity index (χ0v) is 8.62. The number of hydrogen-bond donors (Lipinski definition) is 1. The van der Waals surface area contributed by atoms with Crippen LogP contribution in [-0.4, -0.2) is 11.7 Å². The van der Waals surface area contributed by atoms with Crippen LogP contribution in [0.4, 0.5) is 5.69 Å². The van der Waals surface area contributed by atoms with E-state index in [2.05, 4.69) is 0 Å². The Morgan fingerprint density at radius 1 is 1.54 bits per heavy atom. The highest BCUT2D eigenvalue weighted by Crippen LogP contribution is 2.25. The van der Waals surface area contributed by atoms with E-state index in [4.69, 9.17) is 28.9 Å². The fraction of sp³-hybridized carbons (Fsp3) is 0.222. The predicted octanol–water partition coefficient (Wildman–Crippen LogP) is 2.65. The van der Waals surface area contributed by atoms with Gasteiger partial charge in [-0.15, -0.1) is 11.6 Å². The molecule has 2 N–H and O–H groups in total. The van der Waals surface area contributed by atoms with E-state index in [0.29, 0.717) is 16.3 Å². The number of aryl methyl sites for hydroxylation is 1. The van der Waals surface area contributed by atoms with Gasteiger partial charge in [0.05, 0.1) is 16.6 Å². The summed E-state index contributed by atoms with van der Waals surface area (Å²) in [7, 11) is 0. The van der Waals surface area contributed by atoms with Crippen molar-refractivity contribution in [3.05, 3.63) is 28.3 Å². The molecule has 2 nitrogen and oxygen atoms in total. The van der Waals surface area contributed by atoms with Gasteiger partial charge < -0.3 is 5.73 Å². The Balaban J connectivity index is 3.28. The molecule has 0 unspecified atom stereocenters. The fourth-order valence-electron chi connectivity index (χ4n) is 1.06. The molecule has 70 valence electrons. The van der Waals surface area contributed by atoms with Gasteiger partial charge in [-0.2, -0.15) is 0 Å². The number of carbonyl (C=O) groups excluding carboxylic acids is 1. The lowest BCUT2D eigenvalue weighted by Crippen LogP contribution is -2.05. The largest absolute Gasteiger partial charge is 0.397 e. The van der Waals surface area contributed by atoms with Crippen molar-refractivity contribution >= 4 is 34.7 Å². The van der Waals surface area contributed by atoms with Crippen LogP contribution in [0.3, 0.4) is 0 Å². The van der Waals surface area contributed by atoms with Gasteiger partial charge in [0.15, 0.2) is 5.78 Å². The summed E-state index contributed by atoms with van der Waals surface area (Å²) in [6.45, 7) is 1.84. The second kappa shape index (κ2) is 3.99. The Kier molecular flexibility index (Phi) is 3.17. The molecule has 0 saturated heterocycles. The van der Waals surface area contributed by atoms with Gasteiger partial charge in [-0.1, -0.05) is 11.6 Å². The maximum Gasteiger partial charge on any atom is 0.179 e. The summed E-state index contributed by atoms with van der Waals surface area (Å²) < 4.78 is 0. The average molecular weight is 218 g/mol. The molecule has 0 atom stereocenters. The smallest absolute Gasteiger partial charge is 0.179 e. The Hall–Kier alpha value is -0.730. The van der Waals surface area contributed by atoms with Gasteiger partial charge in [0.1, 0.15) is 0 Å². The first-order valence-electron chi connectivity index (χ1n) is 3.71. The number of Topliss-reactive ketones (excluding diaryl/α,β-unsaturated/α-hetero) is 1. The van der Waals surface area contributed by atoms with E-state index < -0.39 is 0 Å². The number of halogens is 2. The summed E-state index contributed by atoms with van der Waals surface area (Å²) >= 11 is 11.2. The lowest BCUT2D eigenvalue weighted by Gasteiger charge is -2.06. The van der Waals surface area contributed by atoms with Crippen molar-refractivity contribution in [2.24, 2.45) is 0 Å². The SMILES string of the molecule is Cc1cc(Cl)c(N)c(C(=O)CCl)c1. The normalized spacial score (nSPS) is 10.1. The summed E-state index contributed by atoms with van der Waals surface area (Å²) in [5.41, 5.74) is 7.22. The van der Waals surface area contributed by atoms with Crippen LogP contribution in [0.2, 0.25) is 5.02 Å². The minimum absolute atomic E-state index is 0.0794. The minimum atomic E-state index is -0.204. The van der Waals surface area contributed by atoms with E-state index in [1.54, 1.807) is 12.1 Å².